The number of carbonyl (C=O) groups is 4. The Hall–Kier alpha value is -4.45. The van der Waals surface area contributed by atoms with Gasteiger partial charge in [-0.1, -0.05) is 0 Å². The van der Waals surface area contributed by atoms with E-state index in [1.807, 2.05) is 0 Å². The molecule has 0 radical (unpaired) electrons. The van der Waals surface area contributed by atoms with Crippen molar-refractivity contribution in [3.8, 4) is 0 Å². The number of guanidine groups is 2. The Kier molecular flexibility index (Phi) is 16.6. The summed E-state index contributed by atoms with van der Waals surface area (Å²) in [5.74, 6) is -3.41. The molecule has 18 heteroatoms. The highest BCUT2D eigenvalue weighted by atomic mass is 16.4. The molecule has 0 spiro atoms. The third-order valence-electron chi connectivity index (χ3n) is 6.06. The van der Waals surface area contributed by atoms with Crippen molar-refractivity contribution >= 4 is 35.6 Å². The van der Waals surface area contributed by atoms with Crippen molar-refractivity contribution in [3.05, 3.63) is 18.2 Å². The first-order valence-corrected chi connectivity index (χ1v) is 13.6. The molecule has 4 unspecified atom stereocenters. The lowest BCUT2D eigenvalue weighted by Crippen LogP contribution is -2.57. The van der Waals surface area contributed by atoms with Crippen LogP contribution in [-0.2, 0) is 25.6 Å². The zero-order valence-corrected chi connectivity index (χ0v) is 23.6. The maximum atomic E-state index is 13.4. The van der Waals surface area contributed by atoms with Crippen LogP contribution in [0.5, 0.6) is 0 Å². The zero-order chi connectivity index (χ0) is 31.5. The van der Waals surface area contributed by atoms with Crippen molar-refractivity contribution in [1.82, 2.24) is 25.9 Å². The largest absolute Gasteiger partial charge is 0.480 e. The molecular formula is C24H45N13O5. The molecular weight excluding hydrogens is 550 g/mol. The number of nitrogens with two attached hydrogens (primary N) is 6. The number of H-pyrrole nitrogens is 1. The molecule has 0 saturated carbocycles. The van der Waals surface area contributed by atoms with Gasteiger partial charge in [-0.3, -0.25) is 24.4 Å². The van der Waals surface area contributed by atoms with Gasteiger partial charge in [0, 0.05) is 31.4 Å². The zero-order valence-electron chi connectivity index (χ0n) is 23.6. The van der Waals surface area contributed by atoms with Gasteiger partial charge in [0.1, 0.15) is 18.1 Å². The van der Waals surface area contributed by atoms with Crippen molar-refractivity contribution in [3.63, 3.8) is 0 Å². The van der Waals surface area contributed by atoms with E-state index in [1.54, 1.807) is 0 Å². The third kappa shape index (κ3) is 14.8. The molecule has 17 N–H and O–H groups in total. The molecule has 3 amide bonds. The van der Waals surface area contributed by atoms with E-state index in [4.69, 9.17) is 34.4 Å². The molecule has 1 heterocycles. The number of amides is 3. The maximum absolute atomic E-state index is 13.4. The number of nitrogens with zero attached hydrogens (tertiary/aromatic N) is 3. The first kappa shape index (κ1) is 35.6. The van der Waals surface area contributed by atoms with E-state index in [1.165, 1.54) is 12.5 Å². The molecule has 1 rings (SSSR count). The Morgan fingerprint density at radius 2 is 1.36 bits per heavy atom. The summed E-state index contributed by atoms with van der Waals surface area (Å²) in [6.07, 6.45) is 5.22. The highest BCUT2D eigenvalue weighted by Crippen LogP contribution is 2.07. The Bertz CT molecular complexity index is 1040. The lowest BCUT2D eigenvalue weighted by Gasteiger charge is -2.25. The van der Waals surface area contributed by atoms with Crippen molar-refractivity contribution in [2.24, 2.45) is 44.4 Å². The van der Waals surface area contributed by atoms with Gasteiger partial charge in [-0.05, 0) is 51.5 Å². The van der Waals surface area contributed by atoms with Crippen LogP contribution in [0.4, 0.5) is 0 Å². The van der Waals surface area contributed by atoms with Gasteiger partial charge in [0.2, 0.25) is 17.7 Å². The van der Waals surface area contributed by atoms with Crippen LogP contribution in [0.15, 0.2) is 22.5 Å². The van der Waals surface area contributed by atoms with Gasteiger partial charge in [-0.15, -0.1) is 0 Å². The first-order valence-electron chi connectivity index (χ1n) is 13.6. The number of rotatable bonds is 21. The van der Waals surface area contributed by atoms with Crippen LogP contribution >= 0.6 is 0 Å². The number of aromatic nitrogens is 2. The lowest BCUT2D eigenvalue weighted by atomic mass is 10.0. The molecule has 42 heavy (non-hydrogen) atoms. The number of aromatic amines is 1. The molecule has 0 aliphatic carbocycles. The highest BCUT2D eigenvalue weighted by Gasteiger charge is 2.30. The minimum atomic E-state index is -1.25. The maximum Gasteiger partial charge on any atom is 0.326 e. The number of hydrogen-bond donors (Lipinski definition) is 11. The van der Waals surface area contributed by atoms with Crippen LogP contribution in [0.1, 0.15) is 50.6 Å². The van der Waals surface area contributed by atoms with Gasteiger partial charge >= 0.3 is 5.97 Å². The van der Waals surface area contributed by atoms with E-state index >= 15 is 0 Å². The second-order valence-corrected chi connectivity index (χ2v) is 9.59. The number of aliphatic imine (C=N–C) groups is 2. The van der Waals surface area contributed by atoms with Gasteiger partial charge in [0.05, 0.1) is 12.4 Å². The van der Waals surface area contributed by atoms with Crippen molar-refractivity contribution in [1.29, 1.82) is 0 Å². The van der Waals surface area contributed by atoms with E-state index < -0.39 is 47.9 Å². The Morgan fingerprint density at radius 1 is 0.810 bits per heavy atom. The van der Waals surface area contributed by atoms with Gasteiger partial charge in [0.15, 0.2) is 11.9 Å². The van der Waals surface area contributed by atoms with Gasteiger partial charge in [0.25, 0.3) is 0 Å². The number of carboxylic acid groups (broad SMARTS) is 1. The van der Waals surface area contributed by atoms with Crippen LogP contribution in [0.2, 0.25) is 0 Å². The molecule has 0 saturated heterocycles. The fourth-order valence-electron chi connectivity index (χ4n) is 3.82. The molecule has 1 aromatic heterocycles. The van der Waals surface area contributed by atoms with Crippen molar-refractivity contribution in [2.75, 3.05) is 19.6 Å². The van der Waals surface area contributed by atoms with Crippen LogP contribution in [0.3, 0.4) is 0 Å². The normalized spacial score (nSPS) is 13.6. The van der Waals surface area contributed by atoms with E-state index in [-0.39, 0.29) is 50.7 Å². The SMILES string of the molecule is NCCCCC(NC(=O)C(Cc1cnc[nH]1)NC(=O)C(N)CCCN=C(N)N)C(=O)NC(CCCN=C(N)N)C(=O)O. The Balaban J connectivity index is 2.99. The highest BCUT2D eigenvalue weighted by molar-refractivity contribution is 5.94. The molecule has 0 bridgehead atoms. The third-order valence-corrected chi connectivity index (χ3v) is 6.06. The van der Waals surface area contributed by atoms with Crippen LogP contribution in [0.25, 0.3) is 0 Å². The molecule has 0 aromatic carbocycles. The predicted molar refractivity (Wildman–Crippen MR) is 156 cm³/mol. The standard InChI is InChI=1S/C24H45N13O5/c25-8-2-1-6-16(20(39)36-17(22(41)42)7-4-10-33-24(29)30)35-21(40)18(11-14-12-31-13-34-14)37-19(38)15(26)5-3-9-32-23(27)28/h12-13,15-18H,1-11,25-26H2,(H,31,34)(H,35,40)(H,36,39)(H,37,38)(H,41,42)(H4,27,28,32)(H4,29,30,33). The van der Waals surface area contributed by atoms with E-state index in [9.17, 15) is 24.3 Å². The quantitative estimate of drug-likeness (QED) is 0.0368. The number of nitrogens with one attached hydrogen (secondary N) is 4. The topological polar surface area (TPSA) is 334 Å². The first-order chi connectivity index (χ1) is 19.9. The van der Waals surface area contributed by atoms with Gasteiger partial charge < -0.3 is 60.4 Å². The number of hydrogen-bond acceptors (Lipinski definition) is 9. The molecule has 0 aliphatic rings. The lowest BCUT2D eigenvalue weighted by molar-refractivity contribution is -0.142. The minimum absolute atomic E-state index is 0.0258. The van der Waals surface area contributed by atoms with Gasteiger partial charge in [-0.25, -0.2) is 9.78 Å². The summed E-state index contributed by atoms with van der Waals surface area (Å²) in [5, 5.41) is 17.4. The number of imidazole rings is 1. The number of carboxylic acids is 1. The van der Waals surface area contributed by atoms with E-state index in [0.717, 1.165) is 0 Å². The molecule has 1 aromatic rings. The van der Waals surface area contributed by atoms with Crippen molar-refractivity contribution < 1.29 is 24.3 Å². The molecule has 0 aliphatic heterocycles. The summed E-state index contributed by atoms with van der Waals surface area (Å²) in [5.41, 5.74) is 33.3. The monoisotopic (exact) mass is 595 g/mol. The van der Waals surface area contributed by atoms with Gasteiger partial charge in [-0.2, -0.15) is 0 Å². The van der Waals surface area contributed by atoms with Crippen molar-refractivity contribution in [2.45, 2.75) is 75.5 Å². The summed E-state index contributed by atoms with van der Waals surface area (Å²) in [6, 6.07) is -4.41. The fraction of sp³-hybridized carbons (Fsp3) is 0.625. The Labute approximate surface area is 243 Å². The summed E-state index contributed by atoms with van der Waals surface area (Å²) < 4.78 is 0. The van der Waals surface area contributed by atoms with E-state index in [0.29, 0.717) is 37.9 Å². The van der Waals surface area contributed by atoms with E-state index in [2.05, 4.69) is 35.9 Å². The molecule has 4 atom stereocenters. The molecule has 0 fully saturated rings. The summed E-state index contributed by atoms with van der Waals surface area (Å²) >= 11 is 0. The summed E-state index contributed by atoms with van der Waals surface area (Å²) in [7, 11) is 0. The average Bonchev–Trinajstić information content (AvgIpc) is 3.44. The predicted octanol–water partition coefficient (Wildman–Crippen LogP) is -3.95. The number of unbranched alkanes of at least 4 members (excludes halogenated alkanes) is 1. The van der Waals surface area contributed by atoms with Crippen LogP contribution in [-0.4, -0.2) is 94.5 Å². The van der Waals surface area contributed by atoms with Crippen LogP contribution < -0.4 is 50.4 Å². The second-order valence-electron chi connectivity index (χ2n) is 9.59. The minimum Gasteiger partial charge on any atom is -0.480 e. The Morgan fingerprint density at radius 3 is 1.90 bits per heavy atom. The number of carbonyl (C=O) groups excluding carboxylic acids is 3. The number of aliphatic carboxylic acids is 1. The fourth-order valence-corrected chi connectivity index (χ4v) is 3.82. The summed E-state index contributed by atoms with van der Waals surface area (Å²) in [6.45, 7) is 0.834. The average molecular weight is 596 g/mol. The van der Waals surface area contributed by atoms with Crippen LogP contribution in [0, 0.1) is 0 Å². The smallest absolute Gasteiger partial charge is 0.326 e. The summed E-state index contributed by atoms with van der Waals surface area (Å²) in [4.78, 5) is 65.6. The molecule has 18 nitrogen and oxygen atoms in total. The molecule has 236 valence electrons. The second kappa shape index (κ2) is 19.6.